The molecule has 0 aliphatic carbocycles. The van der Waals surface area contributed by atoms with Gasteiger partial charge in [-0.3, -0.25) is 0 Å². The molecule has 5 heteroatoms. The second-order valence-electron chi connectivity index (χ2n) is 5.61. The molecule has 0 amide bonds. The Morgan fingerprint density at radius 3 is 2.84 bits per heavy atom. The largest absolute Gasteiger partial charge is 0.360 e. The highest BCUT2D eigenvalue weighted by molar-refractivity contribution is 7.09. The van der Waals surface area contributed by atoms with E-state index in [1.54, 1.807) is 0 Å². The fraction of sp³-hybridized carbons (Fsp3) is 0.857. The maximum Gasteiger partial charge on any atom is 0.202 e. The van der Waals surface area contributed by atoms with E-state index < -0.39 is 0 Å². The van der Waals surface area contributed by atoms with Crippen molar-refractivity contribution < 1.29 is 0 Å². The lowest BCUT2D eigenvalue weighted by atomic mass is 10.1. The molecule has 1 aromatic rings. The van der Waals surface area contributed by atoms with Crippen LogP contribution in [0.4, 0.5) is 5.13 Å². The van der Waals surface area contributed by atoms with Crippen LogP contribution in [-0.2, 0) is 6.42 Å². The van der Waals surface area contributed by atoms with Crippen molar-refractivity contribution in [2.24, 2.45) is 5.92 Å². The van der Waals surface area contributed by atoms with Crippen molar-refractivity contribution in [3.8, 4) is 0 Å². The highest BCUT2D eigenvalue weighted by Gasteiger charge is 2.13. The highest BCUT2D eigenvalue weighted by Crippen LogP contribution is 2.14. The zero-order valence-electron chi connectivity index (χ0n) is 12.2. The molecule has 1 fully saturated rings. The molecule has 0 aromatic carbocycles. The maximum atomic E-state index is 4.50. The Bertz CT molecular complexity index is 360. The van der Waals surface area contributed by atoms with E-state index in [2.05, 4.69) is 33.4 Å². The van der Waals surface area contributed by atoms with Gasteiger partial charge in [-0.1, -0.05) is 20.3 Å². The molecular formula is C14H26N4S. The fourth-order valence-corrected chi connectivity index (χ4v) is 3.18. The van der Waals surface area contributed by atoms with Gasteiger partial charge in [0.2, 0.25) is 5.13 Å². The summed E-state index contributed by atoms with van der Waals surface area (Å²) in [6, 6.07) is 0. The van der Waals surface area contributed by atoms with Crippen LogP contribution in [0.2, 0.25) is 0 Å². The quantitative estimate of drug-likeness (QED) is 0.834. The molecule has 1 atom stereocenters. The number of anilines is 1. The third kappa shape index (κ3) is 5.07. The number of rotatable bonds is 7. The van der Waals surface area contributed by atoms with E-state index in [-0.39, 0.29) is 0 Å². The van der Waals surface area contributed by atoms with Gasteiger partial charge in [0.05, 0.1) is 0 Å². The van der Waals surface area contributed by atoms with E-state index in [4.69, 9.17) is 0 Å². The SMILES string of the molecule is CCCc1nsc(NCC(C)CN2CCCCC2)n1. The van der Waals surface area contributed by atoms with Gasteiger partial charge in [-0.15, -0.1) is 0 Å². The van der Waals surface area contributed by atoms with Crippen LogP contribution in [0, 0.1) is 5.92 Å². The van der Waals surface area contributed by atoms with Crippen molar-refractivity contribution >= 4 is 16.7 Å². The summed E-state index contributed by atoms with van der Waals surface area (Å²) < 4.78 is 4.36. The first kappa shape index (κ1) is 14.7. The average molecular weight is 282 g/mol. The van der Waals surface area contributed by atoms with Gasteiger partial charge in [0.15, 0.2) is 0 Å². The Hall–Kier alpha value is -0.680. The minimum atomic E-state index is 0.664. The molecule has 0 spiro atoms. The molecule has 0 saturated carbocycles. The first-order valence-electron chi connectivity index (χ1n) is 7.56. The smallest absolute Gasteiger partial charge is 0.202 e. The summed E-state index contributed by atoms with van der Waals surface area (Å²) in [5.74, 6) is 1.65. The summed E-state index contributed by atoms with van der Waals surface area (Å²) in [6.45, 7) is 9.24. The summed E-state index contributed by atoms with van der Waals surface area (Å²) >= 11 is 1.49. The van der Waals surface area contributed by atoms with Gasteiger partial charge in [0, 0.05) is 31.0 Å². The zero-order valence-corrected chi connectivity index (χ0v) is 13.0. The number of nitrogens with zero attached hydrogens (tertiary/aromatic N) is 3. The lowest BCUT2D eigenvalue weighted by molar-refractivity contribution is 0.204. The Morgan fingerprint density at radius 1 is 1.32 bits per heavy atom. The minimum absolute atomic E-state index is 0.664. The molecule has 1 saturated heterocycles. The lowest BCUT2D eigenvalue weighted by Crippen LogP contribution is -2.35. The van der Waals surface area contributed by atoms with Crippen LogP contribution in [-0.4, -0.2) is 40.4 Å². The number of likely N-dealkylation sites (tertiary alicyclic amines) is 1. The van der Waals surface area contributed by atoms with Crippen LogP contribution in [0.1, 0.15) is 45.4 Å². The molecule has 108 valence electrons. The second kappa shape index (κ2) is 7.80. The normalized spacial score (nSPS) is 18.4. The molecule has 0 radical (unpaired) electrons. The van der Waals surface area contributed by atoms with E-state index in [0.717, 1.165) is 30.3 Å². The summed E-state index contributed by atoms with van der Waals surface area (Å²) in [5, 5.41) is 4.41. The Morgan fingerprint density at radius 2 is 2.11 bits per heavy atom. The molecule has 1 N–H and O–H groups in total. The van der Waals surface area contributed by atoms with Crippen molar-refractivity contribution in [2.45, 2.75) is 46.0 Å². The summed E-state index contributed by atoms with van der Waals surface area (Å²) in [5.41, 5.74) is 0. The van der Waals surface area contributed by atoms with Crippen LogP contribution in [0.15, 0.2) is 0 Å². The molecule has 4 nitrogen and oxygen atoms in total. The van der Waals surface area contributed by atoms with Gasteiger partial charge in [-0.2, -0.15) is 4.37 Å². The van der Waals surface area contributed by atoms with Crippen molar-refractivity contribution in [2.75, 3.05) is 31.5 Å². The predicted molar refractivity (Wildman–Crippen MR) is 81.8 cm³/mol. The van der Waals surface area contributed by atoms with E-state index in [9.17, 15) is 0 Å². The molecule has 19 heavy (non-hydrogen) atoms. The average Bonchev–Trinajstić information content (AvgIpc) is 2.86. The number of hydrogen-bond acceptors (Lipinski definition) is 5. The van der Waals surface area contributed by atoms with Crippen molar-refractivity contribution in [1.82, 2.24) is 14.3 Å². The molecule has 2 rings (SSSR count). The van der Waals surface area contributed by atoms with E-state index in [1.165, 1.54) is 50.4 Å². The van der Waals surface area contributed by atoms with Gasteiger partial charge in [0.25, 0.3) is 0 Å². The zero-order chi connectivity index (χ0) is 13.5. The van der Waals surface area contributed by atoms with Gasteiger partial charge >= 0.3 is 0 Å². The summed E-state index contributed by atoms with van der Waals surface area (Å²) in [7, 11) is 0. The first-order valence-corrected chi connectivity index (χ1v) is 8.34. The topological polar surface area (TPSA) is 41.1 Å². The molecular weight excluding hydrogens is 256 g/mol. The predicted octanol–water partition coefficient (Wildman–Crippen LogP) is 3.02. The van der Waals surface area contributed by atoms with Crippen LogP contribution in [0.5, 0.6) is 0 Å². The molecule has 1 aliphatic heterocycles. The lowest BCUT2D eigenvalue weighted by Gasteiger charge is -2.29. The van der Waals surface area contributed by atoms with Crippen LogP contribution in [0.25, 0.3) is 0 Å². The second-order valence-corrected chi connectivity index (χ2v) is 6.36. The number of aryl methyl sites for hydroxylation is 1. The Kier molecular flexibility index (Phi) is 6.04. The molecule has 0 bridgehead atoms. The summed E-state index contributed by atoms with van der Waals surface area (Å²) in [6.07, 6.45) is 6.25. The van der Waals surface area contributed by atoms with Crippen molar-refractivity contribution in [3.63, 3.8) is 0 Å². The number of piperidine rings is 1. The molecule has 1 unspecified atom stereocenters. The standard InChI is InChI=1S/C14H26N4S/c1-3-7-13-16-14(19-17-13)15-10-12(2)11-18-8-5-4-6-9-18/h12H,3-11H2,1-2H3,(H,15,16,17). The highest BCUT2D eigenvalue weighted by atomic mass is 32.1. The number of hydrogen-bond donors (Lipinski definition) is 1. The fourth-order valence-electron chi connectivity index (χ4n) is 2.56. The maximum absolute atomic E-state index is 4.50. The van der Waals surface area contributed by atoms with Gasteiger partial charge in [0.1, 0.15) is 5.82 Å². The Balaban J connectivity index is 1.68. The van der Waals surface area contributed by atoms with E-state index >= 15 is 0 Å². The third-order valence-electron chi connectivity index (χ3n) is 3.56. The first-order chi connectivity index (χ1) is 9.28. The third-order valence-corrected chi connectivity index (χ3v) is 4.27. The Labute approximate surface area is 120 Å². The number of nitrogens with one attached hydrogen (secondary N) is 1. The van der Waals surface area contributed by atoms with Gasteiger partial charge < -0.3 is 10.2 Å². The minimum Gasteiger partial charge on any atom is -0.360 e. The molecule has 1 aromatic heterocycles. The molecule has 1 aliphatic rings. The van der Waals surface area contributed by atoms with E-state index in [0.29, 0.717) is 5.92 Å². The van der Waals surface area contributed by atoms with Crippen LogP contribution < -0.4 is 5.32 Å². The van der Waals surface area contributed by atoms with Crippen LogP contribution >= 0.6 is 11.5 Å². The van der Waals surface area contributed by atoms with Gasteiger partial charge in [-0.25, -0.2) is 4.98 Å². The van der Waals surface area contributed by atoms with Crippen molar-refractivity contribution in [3.05, 3.63) is 5.82 Å². The van der Waals surface area contributed by atoms with Crippen molar-refractivity contribution in [1.29, 1.82) is 0 Å². The molecule has 2 heterocycles. The van der Waals surface area contributed by atoms with E-state index in [1.807, 2.05) is 0 Å². The van der Waals surface area contributed by atoms with Crippen LogP contribution in [0.3, 0.4) is 0 Å². The summed E-state index contributed by atoms with van der Waals surface area (Å²) in [4.78, 5) is 7.10. The monoisotopic (exact) mass is 282 g/mol. The number of aromatic nitrogens is 2. The van der Waals surface area contributed by atoms with Gasteiger partial charge in [-0.05, 0) is 38.3 Å².